The van der Waals surface area contributed by atoms with E-state index in [-0.39, 0.29) is 10.5 Å². The van der Waals surface area contributed by atoms with E-state index in [2.05, 4.69) is 9.71 Å². The van der Waals surface area contributed by atoms with E-state index >= 15 is 0 Å². The Balaban J connectivity index is 2.23. The fraction of sp³-hybridized carbons (Fsp3) is 0.308. The van der Waals surface area contributed by atoms with Crippen molar-refractivity contribution < 1.29 is 13.2 Å². The van der Waals surface area contributed by atoms with E-state index in [0.29, 0.717) is 30.5 Å². The smallest absolute Gasteiger partial charge is 0.248 e. The summed E-state index contributed by atoms with van der Waals surface area (Å²) in [6, 6.07) is 7.55. The average Bonchev–Trinajstić information content (AvgIpc) is 2.43. The first-order chi connectivity index (χ1) is 9.53. The number of pyridine rings is 1. The highest BCUT2D eigenvalue weighted by atomic mass is 32.2. The molecule has 108 valence electrons. The normalized spacial score (nSPS) is 11.8. The molecule has 2 aromatic rings. The molecule has 0 fully saturated rings. The van der Waals surface area contributed by atoms with Gasteiger partial charge in [0.1, 0.15) is 0 Å². The van der Waals surface area contributed by atoms with Crippen molar-refractivity contribution in [2.75, 3.05) is 20.3 Å². The van der Waals surface area contributed by atoms with Crippen LogP contribution in [-0.2, 0) is 14.8 Å². The summed E-state index contributed by atoms with van der Waals surface area (Å²) in [5, 5.41) is 0.671. The second-order valence-electron chi connectivity index (χ2n) is 4.32. The molecule has 0 saturated heterocycles. The second-order valence-corrected chi connectivity index (χ2v) is 6.08. The molecule has 1 heterocycles. The fourth-order valence-electron chi connectivity index (χ4n) is 1.81. The lowest BCUT2D eigenvalue weighted by atomic mass is 10.2. The molecule has 0 atom stereocenters. The first kappa shape index (κ1) is 14.7. The summed E-state index contributed by atoms with van der Waals surface area (Å²) in [5.74, 6) is 0. The molecule has 0 aliphatic rings. The van der Waals surface area contributed by atoms with Crippen LogP contribution in [0.15, 0.2) is 40.0 Å². The van der Waals surface area contributed by atoms with Crippen molar-refractivity contribution in [3.63, 3.8) is 0 Å². The lowest BCUT2D eigenvalue weighted by molar-refractivity contribution is 0.196. The maximum atomic E-state index is 12.1. The summed E-state index contributed by atoms with van der Waals surface area (Å²) in [6.45, 7) is 0.821. The molecular weight excluding hydrogens is 280 g/mol. The molecular formula is C13H16N2O4S. The third-order valence-electron chi connectivity index (χ3n) is 2.82. The molecule has 7 heteroatoms. The van der Waals surface area contributed by atoms with Crippen molar-refractivity contribution in [2.24, 2.45) is 0 Å². The summed E-state index contributed by atoms with van der Waals surface area (Å²) in [6.07, 6.45) is 0.608. The van der Waals surface area contributed by atoms with E-state index < -0.39 is 10.0 Å². The molecule has 0 bridgehead atoms. The van der Waals surface area contributed by atoms with Gasteiger partial charge in [0, 0.05) is 31.8 Å². The monoisotopic (exact) mass is 296 g/mol. The van der Waals surface area contributed by atoms with Gasteiger partial charge < -0.3 is 9.72 Å². The highest BCUT2D eigenvalue weighted by Crippen LogP contribution is 2.16. The summed E-state index contributed by atoms with van der Waals surface area (Å²) in [5.41, 5.74) is 0.390. The number of nitrogens with one attached hydrogen (secondary N) is 2. The summed E-state index contributed by atoms with van der Waals surface area (Å²) < 4.78 is 31.5. The maximum Gasteiger partial charge on any atom is 0.248 e. The number of fused-ring (bicyclic) bond motifs is 1. The summed E-state index contributed by atoms with van der Waals surface area (Å²) >= 11 is 0. The third-order valence-corrected chi connectivity index (χ3v) is 4.28. The number of aromatic amines is 1. The van der Waals surface area contributed by atoms with E-state index in [9.17, 15) is 13.2 Å². The Labute approximate surface area is 116 Å². The van der Waals surface area contributed by atoms with Gasteiger partial charge in [0.25, 0.3) is 0 Å². The Hall–Kier alpha value is -1.70. The fourth-order valence-corrected chi connectivity index (χ4v) is 2.91. The van der Waals surface area contributed by atoms with Crippen LogP contribution < -0.4 is 10.3 Å². The van der Waals surface area contributed by atoms with Crippen molar-refractivity contribution in [3.05, 3.63) is 40.7 Å². The maximum absolute atomic E-state index is 12.1. The van der Waals surface area contributed by atoms with E-state index in [4.69, 9.17) is 4.74 Å². The number of aromatic nitrogens is 1. The van der Waals surface area contributed by atoms with E-state index in [1.54, 1.807) is 19.2 Å². The van der Waals surface area contributed by atoms with Crippen LogP contribution >= 0.6 is 0 Å². The van der Waals surface area contributed by atoms with Gasteiger partial charge >= 0.3 is 0 Å². The summed E-state index contributed by atoms with van der Waals surface area (Å²) in [7, 11) is -1.97. The van der Waals surface area contributed by atoms with Crippen LogP contribution in [0.2, 0.25) is 0 Å². The molecule has 0 aliphatic heterocycles. The lowest BCUT2D eigenvalue weighted by Crippen LogP contribution is -2.25. The van der Waals surface area contributed by atoms with Gasteiger partial charge in [-0.1, -0.05) is 0 Å². The Bertz CT molecular complexity index is 752. The number of rotatable bonds is 6. The first-order valence-electron chi connectivity index (χ1n) is 6.14. The highest BCUT2D eigenvalue weighted by Gasteiger charge is 2.13. The van der Waals surface area contributed by atoms with Gasteiger partial charge in [-0.25, -0.2) is 13.1 Å². The van der Waals surface area contributed by atoms with Crippen LogP contribution in [0.1, 0.15) is 6.42 Å². The van der Waals surface area contributed by atoms with Gasteiger partial charge in [-0.2, -0.15) is 0 Å². The molecule has 1 aromatic carbocycles. The molecule has 1 aromatic heterocycles. The molecule has 0 spiro atoms. The zero-order valence-electron chi connectivity index (χ0n) is 11.0. The topological polar surface area (TPSA) is 88.3 Å². The van der Waals surface area contributed by atoms with E-state index in [1.807, 2.05) is 0 Å². The summed E-state index contributed by atoms with van der Waals surface area (Å²) in [4.78, 5) is 14.0. The van der Waals surface area contributed by atoms with Gasteiger partial charge in [-0.05, 0) is 36.1 Å². The zero-order chi connectivity index (χ0) is 14.6. The van der Waals surface area contributed by atoms with Crippen LogP contribution in [0.25, 0.3) is 10.9 Å². The molecule has 2 N–H and O–H groups in total. The molecule has 0 aliphatic carbocycles. The molecule has 20 heavy (non-hydrogen) atoms. The largest absolute Gasteiger partial charge is 0.385 e. The molecule has 0 amide bonds. The number of benzene rings is 1. The average molecular weight is 296 g/mol. The van der Waals surface area contributed by atoms with Crippen molar-refractivity contribution in [2.45, 2.75) is 11.3 Å². The van der Waals surface area contributed by atoms with Gasteiger partial charge in [-0.3, -0.25) is 4.79 Å². The van der Waals surface area contributed by atoms with Crippen molar-refractivity contribution >= 4 is 20.9 Å². The second kappa shape index (κ2) is 6.17. The van der Waals surface area contributed by atoms with Crippen LogP contribution in [0.3, 0.4) is 0 Å². The van der Waals surface area contributed by atoms with Gasteiger partial charge in [-0.15, -0.1) is 0 Å². The SMILES string of the molecule is COCCCNS(=O)(=O)c1ccc2[nH]c(=O)ccc2c1. The molecule has 0 radical (unpaired) electrons. The minimum absolute atomic E-state index is 0.175. The van der Waals surface area contributed by atoms with Gasteiger partial charge in [0.05, 0.1) is 4.90 Å². The molecule has 0 saturated carbocycles. The number of hydrogen-bond acceptors (Lipinski definition) is 4. The minimum atomic E-state index is -3.54. The number of ether oxygens (including phenoxy) is 1. The number of H-pyrrole nitrogens is 1. The highest BCUT2D eigenvalue weighted by molar-refractivity contribution is 7.89. The zero-order valence-corrected chi connectivity index (χ0v) is 11.9. The number of hydrogen-bond donors (Lipinski definition) is 2. The van der Waals surface area contributed by atoms with E-state index in [0.717, 1.165) is 0 Å². The van der Waals surface area contributed by atoms with Crippen molar-refractivity contribution in [1.29, 1.82) is 0 Å². The van der Waals surface area contributed by atoms with Crippen LogP contribution in [0, 0.1) is 0 Å². The van der Waals surface area contributed by atoms with Crippen molar-refractivity contribution in [1.82, 2.24) is 9.71 Å². The first-order valence-corrected chi connectivity index (χ1v) is 7.63. The van der Waals surface area contributed by atoms with Crippen LogP contribution in [0.5, 0.6) is 0 Å². The predicted octanol–water partition coefficient (Wildman–Crippen LogP) is 0.843. The van der Waals surface area contributed by atoms with E-state index in [1.165, 1.54) is 18.2 Å². The minimum Gasteiger partial charge on any atom is -0.385 e. The number of sulfonamides is 1. The standard InChI is InChI=1S/C13H16N2O4S/c1-19-8-2-7-14-20(17,18)11-4-5-12-10(9-11)3-6-13(16)15-12/h3-6,9,14H,2,7-8H2,1H3,(H,15,16). The number of methoxy groups -OCH3 is 1. The Morgan fingerprint density at radius 2 is 2.05 bits per heavy atom. The predicted molar refractivity (Wildman–Crippen MR) is 76.3 cm³/mol. The third kappa shape index (κ3) is 3.44. The Morgan fingerprint density at radius 3 is 2.80 bits per heavy atom. The lowest BCUT2D eigenvalue weighted by Gasteiger charge is -2.07. The van der Waals surface area contributed by atoms with Crippen LogP contribution in [-0.4, -0.2) is 33.7 Å². The van der Waals surface area contributed by atoms with Gasteiger partial charge in [0.15, 0.2) is 0 Å². The quantitative estimate of drug-likeness (QED) is 0.773. The van der Waals surface area contributed by atoms with Gasteiger partial charge in [0.2, 0.25) is 15.6 Å². The van der Waals surface area contributed by atoms with Crippen molar-refractivity contribution in [3.8, 4) is 0 Å². The Kier molecular flexibility index (Phi) is 4.53. The van der Waals surface area contributed by atoms with Crippen LogP contribution in [0.4, 0.5) is 0 Å². The molecule has 6 nitrogen and oxygen atoms in total. The molecule has 0 unspecified atom stereocenters. The Morgan fingerprint density at radius 1 is 1.25 bits per heavy atom. The molecule has 2 rings (SSSR count).